The number of piperidine rings is 1. The van der Waals surface area contributed by atoms with Crippen molar-refractivity contribution in [2.75, 3.05) is 41.9 Å². The number of carbonyl (C=O) groups is 1. The Balaban J connectivity index is 0.00000289. The van der Waals surface area contributed by atoms with E-state index in [0.29, 0.717) is 34.9 Å². The topological polar surface area (TPSA) is 73.4 Å². The van der Waals surface area contributed by atoms with Crippen molar-refractivity contribution in [2.45, 2.75) is 32.6 Å². The second-order valence-electron chi connectivity index (χ2n) is 9.13. The van der Waals surface area contributed by atoms with Crippen molar-refractivity contribution < 1.29 is 4.79 Å². The third-order valence-electron chi connectivity index (χ3n) is 6.72. The third-order valence-corrected chi connectivity index (χ3v) is 7.03. The van der Waals surface area contributed by atoms with Gasteiger partial charge in [0.1, 0.15) is 11.4 Å². The first-order valence-electron chi connectivity index (χ1n) is 11.7. The minimum Gasteiger partial charge on any atom is -0.341 e. The number of benzene rings is 2. The molecule has 35 heavy (non-hydrogen) atoms. The quantitative estimate of drug-likeness (QED) is 0.485. The highest BCUT2D eigenvalue weighted by Crippen LogP contribution is 2.35. The number of fused-ring (bicyclic) bond motifs is 1. The van der Waals surface area contributed by atoms with Crippen molar-refractivity contribution in [2.24, 2.45) is 0 Å². The number of anilines is 4. The van der Waals surface area contributed by atoms with E-state index in [0.717, 1.165) is 30.0 Å². The Kier molecular flexibility index (Phi) is 7.50. The lowest BCUT2D eigenvalue weighted by molar-refractivity contribution is 0.0982. The van der Waals surface area contributed by atoms with Crippen LogP contribution in [0.5, 0.6) is 0 Å². The SMILES string of the molecule is Cc1cc(Nc2ncc3c(n2)N(C)CN(c2c(C)cccc2Cl)C3=O)ccc1C1CCNCC1.Cl. The average Bonchev–Trinajstić information content (AvgIpc) is 2.83. The van der Waals surface area contributed by atoms with Crippen LogP contribution in [-0.4, -0.2) is 42.7 Å². The largest absolute Gasteiger partial charge is 0.341 e. The third kappa shape index (κ3) is 4.94. The van der Waals surface area contributed by atoms with Gasteiger partial charge in [0.2, 0.25) is 5.95 Å². The lowest BCUT2D eigenvalue weighted by atomic mass is 9.87. The van der Waals surface area contributed by atoms with Gasteiger partial charge in [-0.3, -0.25) is 9.69 Å². The molecule has 0 aliphatic carbocycles. The molecule has 3 aromatic rings. The van der Waals surface area contributed by atoms with Gasteiger partial charge in [0, 0.05) is 18.9 Å². The first-order valence-corrected chi connectivity index (χ1v) is 12.0. The molecule has 0 atom stereocenters. The number of para-hydroxylation sites is 1. The molecule has 7 nitrogen and oxygen atoms in total. The monoisotopic (exact) mass is 512 g/mol. The van der Waals surface area contributed by atoms with Gasteiger partial charge >= 0.3 is 0 Å². The summed E-state index contributed by atoms with van der Waals surface area (Å²) in [6, 6.07) is 12.1. The highest BCUT2D eigenvalue weighted by atomic mass is 35.5. The first-order chi connectivity index (χ1) is 16.4. The van der Waals surface area contributed by atoms with E-state index in [1.807, 2.05) is 31.0 Å². The second-order valence-corrected chi connectivity index (χ2v) is 9.54. The molecule has 0 radical (unpaired) electrons. The Morgan fingerprint density at radius 1 is 1.11 bits per heavy atom. The van der Waals surface area contributed by atoms with Crippen molar-refractivity contribution in [3.8, 4) is 0 Å². The molecule has 3 heterocycles. The molecule has 9 heteroatoms. The lowest BCUT2D eigenvalue weighted by Crippen LogP contribution is -2.46. The van der Waals surface area contributed by atoms with E-state index in [-0.39, 0.29) is 18.3 Å². The number of nitrogens with zero attached hydrogens (tertiary/aromatic N) is 4. The van der Waals surface area contributed by atoms with E-state index in [2.05, 4.69) is 45.7 Å². The summed E-state index contributed by atoms with van der Waals surface area (Å²) in [6.45, 7) is 6.62. The molecule has 2 aromatic carbocycles. The van der Waals surface area contributed by atoms with Crippen LogP contribution < -0.4 is 20.4 Å². The molecule has 184 valence electrons. The molecule has 1 amide bonds. The summed E-state index contributed by atoms with van der Waals surface area (Å²) in [5, 5.41) is 7.29. The van der Waals surface area contributed by atoms with Crippen molar-refractivity contribution in [1.82, 2.24) is 15.3 Å². The number of hydrogen-bond acceptors (Lipinski definition) is 6. The molecule has 1 saturated heterocycles. The normalized spacial score (nSPS) is 16.1. The molecule has 0 spiro atoms. The zero-order chi connectivity index (χ0) is 23.8. The predicted molar refractivity (Wildman–Crippen MR) is 145 cm³/mol. The summed E-state index contributed by atoms with van der Waals surface area (Å²) in [7, 11) is 1.92. The first kappa shape index (κ1) is 25.2. The van der Waals surface area contributed by atoms with Crippen molar-refractivity contribution in [3.63, 3.8) is 0 Å². The van der Waals surface area contributed by atoms with Crippen LogP contribution in [-0.2, 0) is 0 Å². The number of hydrogen-bond donors (Lipinski definition) is 2. The average molecular weight is 513 g/mol. The maximum absolute atomic E-state index is 13.3. The summed E-state index contributed by atoms with van der Waals surface area (Å²) < 4.78 is 0. The number of carbonyl (C=O) groups excluding carboxylic acids is 1. The summed E-state index contributed by atoms with van der Waals surface area (Å²) >= 11 is 6.44. The minimum atomic E-state index is -0.155. The number of aryl methyl sites for hydroxylation is 2. The molecule has 0 unspecified atom stereocenters. The second kappa shape index (κ2) is 10.4. The summed E-state index contributed by atoms with van der Waals surface area (Å²) in [6.07, 6.45) is 3.94. The fourth-order valence-corrected chi connectivity index (χ4v) is 5.30. The molecular weight excluding hydrogens is 483 g/mol. The molecular formula is C26H30Cl2N6O. The Morgan fingerprint density at radius 2 is 1.89 bits per heavy atom. The maximum Gasteiger partial charge on any atom is 0.265 e. The Morgan fingerprint density at radius 3 is 2.60 bits per heavy atom. The standard InChI is InChI=1S/C26H29ClN6O.ClH/c1-16-5-4-6-22(27)23(16)33-15-32(3)24-21(25(33)34)14-29-26(31-24)30-19-7-8-20(17(2)13-19)18-9-11-28-12-10-18;/h4-8,13-14,18,28H,9-12,15H2,1-3H3,(H,29,30,31);1H. The van der Waals surface area contributed by atoms with E-state index >= 15 is 0 Å². The maximum atomic E-state index is 13.3. The molecule has 0 bridgehead atoms. The van der Waals surface area contributed by atoms with Crippen LogP contribution in [0.3, 0.4) is 0 Å². The van der Waals surface area contributed by atoms with E-state index in [1.54, 1.807) is 17.2 Å². The van der Waals surface area contributed by atoms with E-state index in [1.165, 1.54) is 24.0 Å². The van der Waals surface area contributed by atoms with Gasteiger partial charge in [0.05, 0.1) is 17.4 Å². The number of halogens is 2. The van der Waals surface area contributed by atoms with E-state index in [9.17, 15) is 4.79 Å². The molecule has 2 N–H and O–H groups in total. The summed E-state index contributed by atoms with van der Waals surface area (Å²) in [4.78, 5) is 26.0. The zero-order valence-electron chi connectivity index (χ0n) is 20.1. The van der Waals surface area contributed by atoms with Crippen molar-refractivity contribution in [1.29, 1.82) is 0 Å². The van der Waals surface area contributed by atoms with Crippen LogP contribution in [0.1, 0.15) is 45.8 Å². The number of rotatable bonds is 4. The van der Waals surface area contributed by atoms with Gasteiger partial charge in [0.15, 0.2) is 0 Å². The van der Waals surface area contributed by atoms with Crippen molar-refractivity contribution >= 4 is 53.1 Å². The Labute approximate surface area is 217 Å². The van der Waals surface area contributed by atoms with Crippen LogP contribution in [0, 0.1) is 13.8 Å². The van der Waals surface area contributed by atoms with Gasteiger partial charge < -0.3 is 15.5 Å². The number of aromatic nitrogens is 2. The molecule has 0 saturated carbocycles. The van der Waals surface area contributed by atoms with Gasteiger partial charge in [-0.15, -0.1) is 12.4 Å². The molecule has 2 aliphatic rings. The number of amides is 1. The van der Waals surface area contributed by atoms with Crippen LogP contribution in [0.15, 0.2) is 42.6 Å². The fraction of sp³-hybridized carbons (Fsp3) is 0.346. The fourth-order valence-electron chi connectivity index (χ4n) is 4.97. The smallest absolute Gasteiger partial charge is 0.265 e. The molecule has 2 aliphatic heterocycles. The summed E-state index contributed by atoms with van der Waals surface area (Å²) in [5.74, 6) is 1.53. The molecule has 5 rings (SSSR count). The molecule has 1 aromatic heterocycles. The van der Waals surface area contributed by atoms with Gasteiger partial charge in [-0.2, -0.15) is 4.98 Å². The van der Waals surface area contributed by atoms with E-state index < -0.39 is 0 Å². The van der Waals surface area contributed by atoms with Crippen LogP contribution in [0.25, 0.3) is 0 Å². The van der Waals surface area contributed by atoms with Crippen LogP contribution >= 0.6 is 24.0 Å². The minimum absolute atomic E-state index is 0. The Hall–Kier alpha value is -2.87. The number of nitrogens with one attached hydrogen (secondary N) is 2. The van der Waals surface area contributed by atoms with Gasteiger partial charge in [-0.05, 0) is 80.6 Å². The summed E-state index contributed by atoms with van der Waals surface area (Å²) in [5.41, 5.74) is 5.74. The predicted octanol–water partition coefficient (Wildman–Crippen LogP) is 5.43. The van der Waals surface area contributed by atoms with Crippen LogP contribution in [0.4, 0.5) is 23.1 Å². The highest BCUT2D eigenvalue weighted by Gasteiger charge is 2.32. The van der Waals surface area contributed by atoms with E-state index in [4.69, 9.17) is 11.6 Å². The lowest BCUT2D eigenvalue weighted by Gasteiger charge is -2.35. The van der Waals surface area contributed by atoms with Gasteiger partial charge in [0.25, 0.3) is 5.91 Å². The zero-order valence-corrected chi connectivity index (χ0v) is 21.7. The molecule has 1 fully saturated rings. The highest BCUT2D eigenvalue weighted by molar-refractivity contribution is 6.34. The van der Waals surface area contributed by atoms with Gasteiger partial charge in [-0.1, -0.05) is 29.8 Å². The van der Waals surface area contributed by atoms with Crippen molar-refractivity contribution in [3.05, 3.63) is 69.9 Å². The Bertz CT molecular complexity index is 1220. The van der Waals surface area contributed by atoms with Crippen LogP contribution in [0.2, 0.25) is 5.02 Å². The van der Waals surface area contributed by atoms with Gasteiger partial charge in [-0.25, -0.2) is 4.98 Å².